The molecule has 100 valence electrons. The van der Waals surface area contributed by atoms with Gasteiger partial charge in [-0.1, -0.05) is 31.4 Å². The number of rotatable bonds is 2. The van der Waals surface area contributed by atoms with Crippen LogP contribution in [0.3, 0.4) is 0 Å². The number of aliphatic hydroxyl groups excluding tert-OH is 1. The molecule has 0 radical (unpaired) electrons. The summed E-state index contributed by atoms with van der Waals surface area (Å²) >= 11 is 0. The minimum atomic E-state index is -0.219. The first kappa shape index (κ1) is 13.4. The number of benzene rings is 1. The van der Waals surface area contributed by atoms with Crippen molar-refractivity contribution in [1.82, 2.24) is 0 Å². The van der Waals surface area contributed by atoms with Gasteiger partial charge in [-0.15, -0.1) is 0 Å². The van der Waals surface area contributed by atoms with Crippen LogP contribution in [0.5, 0.6) is 5.75 Å². The molecule has 1 fully saturated rings. The summed E-state index contributed by atoms with van der Waals surface area (Å²) in [6.45, 7) is 4.20. The molecule has 2 atom stereocenters. The fourth-order valence-electron chi connectivity index (χ4n) is 3.02. The van der Waals surface area contributed by atoms with Crippen LogP contribution < -0.4 is 4.74 Å². The van der Waals surface area contributed by atoms with E-state index in [0.717, 1.165) is 25.0 Å². The summed E-state index contributed by atoms with van der Waals surface area (Å²) in [6.07, 6.45) is 5.35. The molecule has 1 aliphatic rings. The highest BCUT2D eigenvalue weighted by Crippen LogP contribution is 2.39. The number of ether oxygens (including phenoxy) is 1. The Balaban J connectivity index is 2.39. The van der Waals surface area contributed by atoms with Crippen molar-refractivity contribution in [3.63, 3.8) is 0 Å². The standard InChI is InChI=1S/C16H24O2/c1-11-9-10-14(16(18-3)12(11)2)13-7-5-4-6-8-15(13)17/h9-10,13,15,17H,4-8H2,1-3H3. The van der Waals surface area contributed by atoms with Crippen molar-refractivity contribution < 1.29 is 9.84 Å². The van der Waals surface area contributed by atoms with Gasteiger partial charge in [0.1, 0.15) is 5.75 Å². The van der Waals surface area contributed by atoms with Crippen molar-refractivity contribution >= 4 is 0 Å². The van der Waals surface area contributed by atoms with E-state index in [0.29, 0.717) is 0 Å². The predicted molar refractivity (Wildman–Crippen MR) is 74.3 cm³/mol. The lowest BCUT2D eigenvalue weighted by atomic mass is 9.87. The van der Waals surface area contributed by atoms with Crippen molar-refractivity contribution in [2.45, 2.75) is 58.0 Å². The molecule has 0 spiro atoms. The fraction of sp³-hybridized carbons (Fsp3) is 0.625. The average molecular weight is 248 g/mol. The van der Waals surface area contributed by atoms with E-state index in [1.165, 1.54) is 29.5 Å². The zero-order valence-corrected chi connectivity index (χ0v) is 11.7. The molecule has 18 heavy (non-hydrogen) atoms. The molecule has 0 aromatic heterocycles. The lowest BCUT2D eigenvalue weighted by Gasteiger charge is -2.24. The Kier molecular flexibility index (Phi) is 4.28. The molecule has 2 heteroatoms. The number of hydrogen-bond donors (Lipinski definition) is 1. The van der Waals surface area contributed by atoms with Gasteiger partial charge in [0.2, 0.25) is 0 Å². The summed E-state index contributed by atoms with van der Waals surface area (Å²) < 4.78 is 5.59. The van der Waals surface area contributed by atoms with Gasteiger partial charge >= 0.3 is 0 Å². The molecule has 0 heterocycles. The van der Waals surface area contributed by atoms with E-state index in [4.69, 9.17) is 4.74 Å². The third-order valence-corrected chi connectivity index (χ3v) is 4.29. The maximum atomic E-state index is 10.3. The van der Waals surface area contributed by atoms with Gasteiger partial charge in [0, 0.05) is 11.5 Å². The van der Waals surface area contributed by atoms with E-state index >= 15 is 0 Å². The number of methoxy groups -OCH3 is 1. The molecule has 2 nitrogen and oxygen atoms in total. The van der Waals surface area contributed by atoms with Crippen LogP contribution in [0.15, 0.2) is 12.1 Å². The van der Waals surface area contributed by atoms with E-state index in [1.807, 2.05) is 0 Å². The molecule has 1 aliphatic carbocycles. The average Bonchev–Trinajstić information content (AvgIpc) is 2.57. The van der Waals surface area contributed by atoms with E-state index in [-0.39, 0.29) is 12.0 Å². The second kappa shape index (κ2) is 5.75. The highest BCUT2D eigenvalue weighted by Gasteiger charge is 2.26. The van der Waals surface area contributed by atoms with Crippen LogP contribution in [-0.4, -0.2) is 18.3 Å². The third-order valence-electron chi connectivity index (χ3n) is 4.29. The van der Waals surface area contributed by atoms with Crippen LogP contribution in [0.25, 0.3) is 0 Å². The summed E-state index contributed by atoms with van der Waals surface area (Å²) in [6, 6.07) is 4.28. The predicted octanol–water partition coefficient (Wildman–Crippen LogP) is 3.72. The second-order valence-electron chi connectivity index (χ2n) is 5.44. The molecule has 2 unspecified atom stereocenters. The summed E-state index contributed by atoms with van der Waals surface area (Å²) in [5, 5.41) is 10.3. The molecular formula is C16H24O2. The number of hydrogen-bond acceptors (Lipinski definition) is 2. The minimum Gasteiger partial charge on any atom is -0.496 e. The van der Waals surface area contributed by atoms with Crippen LogP contribution >= 0.6 is 0 Å². The summed E-state index contributed by atoms with van der Waals surface area (Å²) in [5.41, 5.74) is 3.64. The molecule has 0 bridgehead atoms. The topological polar surface area (TPSA) is 29.5 Å². The van der Waals surface area contributed by atoms with Gasteiger partial charge in [0.25, 0.3) is 0 Å². The molecule has 0 aliphatic heterocycles. The molecule has 1 aromatic carbocycles. The molecule has 1 saturated carbocycles. The minimum absolute atomic E-state index is 0.219. The number of aliphatic hydroxyl groups is 1. The van der Waals surface area contributed by atoms with Crippen molar-refractivity contribution in [2.24, 2.45) is 0 Å². The smallest absolute Gasteiger partial charge is 0.125 e. The Morgan fingerprint density at radius 2 is 1.83 bits per heavy atom. The Hall–Kier alpha value is -1.02. The van der Waals surface area contributed by atoms with E-state index < -0.39 is 0 Å². The molecule has 2 rings (SSSR count). The first-order valence-electron chi connectivity index (χ1n) is 6.97. The molecule has 0 saturated heterocycles. The zero-order valence-electron chi connectivity index (χ0n) is 11.7. The van der Waals surface area contributed by atoms with Gasteiger partial charge < -0.3 is 9.84 Å². The van der Waals surface area contributed by atoms with Crippen LogP contribution in [-0.2, 0) is 0 Å². The maximum Gasteiger partial charge on any atom is 0.125 e. The van der Waals surface area contributed by atoms with Crippen molar-refractivity contribution in [2.75, 3.05) is 7.11 Å². The third kappa shape index (κ3) is 2.54. The van der Waals surface area contributed by atoms with Crippen LogP contribution in [0.2, 0.25) is 0 Å². The lowest BCUT2D eigenvalue weighted by molar-refractivity contribution is 0.134. The van der Waals surface area contributed by atoms with E-state index in [1.54, 1.807) is 7.11 Å². The highest BCUT2D eigenvalue weighted by atomic mass is 16.5. The van der Waals surface area contributed by atoms with Gasteiger partial charge in [-0.3, -0.25) is 0 Å². The largest absolute Gasteiger partial charge is 0.496 e. The SMILES string of the molecule is COc1c(C2CCCCCC2O)ccc(C)c1C. The summed E-state index contributed by atoms with van der Waals surface area (Å²) in [4.78, 5) is 0. The van der Waals surface area contributed by atoms with Gasteiger partial charge in [-0.05, 0) is 37.8 Å². The van der Waals surface area contributed by atoms with Crippen LogP contribution in [0.1, 0.15) is 54.7 Å². The number of aryl methyl sites for hydroxylation is 1. The first-order chi connectivity index (χ1) is 8.65. The normalized spacial score (nSPS) is 24.7. The Morgan fingerprint density at radius 1 is 1.11 bits per heavy atom. The monoisotopic (exact) mass is 248 g/mol. The van der Waals surface area contributed by atoms with Gasteiger partial charge in [-0.2, -0.15) is 0 Å². The maximum absolute atomic E-state index is 10.3. The van der Waals surface area contributed by atoms with Gasteiger partial charge in [0.05, 0.1) is 13.2 Å². The van der Waals surface area contributed by atoms with E-state index in [2.05, 4.69) is 26.0 Å². The lowest BCUT2D eigenvalue weighted by Crippen LogP contribution is -2.18. The molecule has 0 amide bonds. The molecule has 1 aromatic rings. The summed E-state index contributed by atoms with van der Waals surface area (Å²) in [7, 11) is 1.73. The molecular weight excluding hydrogens is 224 g/mol. The quantitative estimate of drug-likeness (QED) is 0.808. The zero-order chi connectivity index (χ0) is 13.1. The Bertz CT molecular complexity index is 412. The van der Waals surface area contributed by atoms with Crippen molar-refractivity contribution in [3.05, 3.63) is 28.8 Å². The van der Waals surface area contributed by atoms with Crippen LogP contribution in [0, 0.1) is 13.8 Å². The summed E-state index contributed by atoms with van der Waals surface area (Å²) in [5.74, 6) is 1.21. The van der Waals surface area contributed by atoms with Gasteiger partial charge in [0.15, 0.2) is 0 Å². The molecule has 1 N–H and O–H groups in total. The Labute approximate surface area is 110 Å². The first-order valence-corrected chi connectivity index (χ1v) is 6.97. The highest BCUT2D eigenvalue weighted by molar-refractivity contribution is 5.47. The van der Waals surface area contributed by atoms with Crippen molar-refractivity contribution in [3.8, 4) is 5.75 Å². The fourth-order valence-corrected chi connectivity index (χ4v) is 3.02. The second-order valence-corrected chi connectivity index (χ2v) is 5.44. The van der Waals surface area contributed by atoms with Crippen molar-refractivity contribution in [1.29, 1.82) is 0 Å². The van der Waals surface area contributed by atoms with Crippen LogP contribution in [0.4, 0.5) is 0 Å². The van der Waals surface area contributed by atoms with E-state index in [9.17, 15) is 5.11 Å². The Morgan fingerprint density at radius 3 is 2.56 bits per heavy atom. The van der Waals surface area contributed by atoms with Gasteiger partial charge in [-0.25, -0.2) is 0 Å².